The molecule has 2 rings (SSSR count). The molecule has 124 valence electrons. The molecule has 1 heterocycles. The summed E-state index contributed by atoms with van der Waals surface area (Å²) in [5.74, 6) is 1.24. The standard InChI is InChI=1S/C18H29NO3/c1-4-18(20,5-2)13-22-17-12-19-11-10-16(17)14-6-8-15(21-3)9-7-14/h6-9,16-17,19-20H,4-5,10-13H2,1-3H3/t16?,17-/m1/s1. The Morgan fingerprint density at radius 1 is 1.23 bits per heavy atom. The van der Waals surface area contributed by atoms with Crippen molar-refractivity contribution >= 4 is 0 Å². The lowest BCUT2D eigenvalue weighted by Gasteiger charge is -2.35. The first-order valence-corrected chi connectivity index (χ1v) is 8.30. The van der Waals surface area contributed by atoms with Crippen LogP contribution in [0.25, 0.3) is 0 Å². The second kappa shape index (κ2) is 7.95. The summed E-state index contributed by atoms with van der Waals surface area (Å²) in [6.07, 6.45) is 2.59. The lowest BCUT2D eigenvalue weighted by atomic mass is 9.87. The van der Waals surface area contributed by atoms with Crippen LogP contribution in [0.3, 0.4) is 0 Å². The smallest absolute Gasteiger partial charge is 0.118 e. The van der Waals surface area contributed by atoms with Crippen LogP contribution in [0.15, 0.2) is 24.3 Å². The minimum Gasteiger partial charge on any atom is -0.497 e. The molecule has 1 aliphatic heterocycles. The van der Waals surface area contributed by atoms with E-state index in [1.807, 2.05) is 26.0 Å². The third kappa shape index (κ3) is 4.22. The lowest BCUT2D eigenvalue weighted by molar-refractivity contribution is -0.0861. The highest BCUT2D eigenvalue weighted by atomic mass is 16.5. The van der Waals surface area contributed by atoms with Gasteiger partial charge in [0.25, 0.3) is 0 Å². The molecule has 0 radical (unpaired) electrons. The van der Waals surface area contributed by atoms with Crippen molar-refractivity contribution in [2.75, 3.05) is 26.8 Å². The first-order valence-electron chi connectivity index (χ1n) is 8.30. The van der Waals surface area contributed by atoms with Crippen molar-refractivity contribution in [2.24, 2.45) is 0 Å². The molecule has 22 heavy (non-hydrogen) atoms. The fraction of sp³-hybridized carbons (Fsp3) is 0.667. The zero-order valence-corrected chi connectivity index (χ0v) is 14.0. The van der Waals surface area contributed by atoms with E-state index in [1.54, 1.807) is 7.11 Å². The van der Waals surface area contributed by atoms with E-state index in [9.17, 15) is 5.11 Å². The summed E-state index contributed by atoms with van der Waals surface area (Å²) < 4.78 is 11.3. The fourth-order valence-electron chi connectivity index (χ4n) is 2.95. The van der Waals surface area contributed by atoms with Gasteiger partial charge in [-0.25, -0.2) is 0 Å². The Balaban J connectivity index is 2.04. The van der Waals surface area contributed by atoms with Crippen LogP contribution < -0.4 is 10.1 Å². The van der Waals surface area contributed by atoms with Gasteiger partial charge in [0.05, 0.1) is 25.4 Å². The largest absolute Gasteiger partial charge is 0.497 e. The van der Waals surface area contributed by atoms with E-state index in [2.05, 4.69) is 17.4 Å². The van der Waals surface area contributed by atoms with E-state index in [-0.39, 0.29) is 6.10 Å². The maximum atomic E-state index is 10.4. The number of benzene rings is 1. The third-order valence-electron chi connectivity index (χ3n) is 4.85. The van der Waals surface area contributed by atoms with Gasteiger partial charge in [-0.05, 0) is 43.5 Å². The van der Waals surface area contributed by atoms with Crippen molar-refractivity contribution in [3.8, 4) is 5.75 Å². The zero-order chi connectivity index (χ0) is 16.0. The van der Waals surface area contributed by atoms with E-state index in [1.165, 1.54) is 5.56 Å². The summed E-state index contributed by atoms with van der Waals surface area (Å²) in [5, 5.41) is 13.8. The van der Waals surface area contributed by atoms with Crippen LogP contribution in [-0.4, -0.2) is 43.6 Å². The Morgan fingerprint density at radius 3 is 2.50 bits per heavy atom. The van der Waals surface area contributed by atoms with E-state index < -0.39 is 5.60 Å². The van der Waals surface area contributed by atoms with Crippen LogP contribution >= 0.6 is 0 Å². The van der Waals surface area contributed by atoms with Crippen molar-refractivity contribution in [1.29, 1.82) is 0 Å². The molecule has 2 N–H and O–H groups in total. The van der Waals surface area contributed by atoms with E-state index in [0.29, 0.717) is 12.5 Å². The number of methoxy groups -OCH3 is 1. The highest BCUT2D eigenvalue weighted by molar-refractivity contribution is 5.30. The Morgan fingerprint density at radius 2 is 1.91 bits per heavy atom. The number of rotatable bonds is 7. The van der Waals surface area contributed by atoms with Gasteiger partial charge in [-0.15, -0.1) is 0 Å². The molecule has 4 nitrogen and oxygen atoms in total. The summed E-state index contributed by atoms with van der Waals surface area (Å²) in [4.78, 5) is 0. The Labute approximate surface area is 133 Å². The number of piperidine rings is 1. The Bertz CT molecular complexity index is 442. The van der Waals surface area contributed by atoms with Gasteiger partial charge in [-0.3, -0.25) is 0 Å². The minimum absolute atomic E-state index is 0.103. The number of nitrogens with one attached hydrogen (secondary N) is 1. The molecule has 0 saturated carbocycles. The number of hydrogen-bond donors (Lipinski definition) is 2. The van der Waals surface area contributed by atoms with Crippen molar-refractivity contribution in [3.05, 3.63) is 29.8 Å². The van der Waals surface area contributed by atoms with Gasteiger partial charge in [-0.1, -0.05) is 26.0 Å². The van der Waals surface area contributed by atoms with Gasteiger partial charge in [0, 0.05) is 12.5 Å². The normalized spacial score (nSPS) is 22.5. The SMILES string of the molecule is CCC(O)(CC)CO[C@@H]1CNCCC1c1ccc(OC)cc1. The zero-order valence-electron chi connectivity index (χ0n) is 14.0. The quantitative estimate of drug-likeness (QED) is 0.813. The third-order valence-corrected chi connectivity index (χ3v) is 4.85. The molecule has 1 aliphatic rings. The first-order chi connectivity index (χ1) is 10.6. The molecule has 0 spiro atoms. The van der Waals surface area contributed by atoms with Crippen LogP contribution in [0, 0.1) is 0 Å². The summed E-state index contributed by atoms with van der Waals surface area (Å²) in [6.45, 7) is 6.25. The van der Waals surface area contributed by atoms with Crippen molar-refractivity contribution in [1.82, 2.24) is 5.32 Å². The fourth-order valence-corrected chi connectivity index (χ4v) is 2.95. The Hall–Kier alpha value is -1.10. The maximum Gasteiger partial charge on any atom is 0.118 e. The second-order valence-corrected chi connectivity index (χ2v) is 6.15. The summed E-state index contributed by atoms with van der Waals surface area (Å²) >= 11 is 0. The number of hydrogen-bond acceptors (Lipinski definition) is 4. The van der Waals surface area contributed by atoms with Crippen LogP contribution in [-0.2, 0) is 4.74 Å². The van der Waals surface area contributed by atoms with E-state index in [0.717, 1.165) is 38.1 Å². The molecule has 0 aromatic heterocycles. The highest BCUT2D eigenvalue weighted by Crippen LogP contribution is 2.30. The average molecular weight is 307 g/mol. The molecule has 4 heteroatoms. The lowest BCUT2D eigenvalue weighted by Crippen LogP contribution is -2.44. The summed E-state index contributed by atoms with van der Waals surface area (Å²) in [7, 11) is 1.68. The molecule has 1 aromatic carbocycles. The van der Waals surface area contributed by atoms with Crippen LogP contribution in [0.4, 0.5) is 0 Å². The molecular formula is C18H29NO3. The topological polar surface area (TPSA) is 50.7 Å². The molecule has 0 amide bonds. The summed E-state index contributed by atoms with van der Waals surface area (Å²) in [6, 6.07) is 8.25. The number of aliphatic hydroxyl groups is 1. The second-order valence-electron chi connectivity index (χ2n) is 6.15. The van der Waals surface area contributed by atoms with Crippen LogP contribution in [0.2, 0.25) is 0 Å². The van der Waals surface area contributed by atoms with Crippen molar-refractivity contribution in [3.63, 3.8) is 0 Å². The van der Waals surface area contributed by atoms with Gasteiger partial charge < -0.3 is 19.9 Å². The molecule has 1 unspecified atom stereocenters. The average Bonchev–Trinajstić information content (AvgIpc) is 2.60. The molecule has 1 aromatic rings. The van der Waals surface area contributed by atoms with E-state index >= 15 is 0 Å². The van der Waals surface area contributed by atoms with Crippen LogP contribution in [0.5, 0.6) is 5.75 Å². The highest BCUT2D eigenvalue weighted by Gasteiger charge is 2.30. The van der Waals surface area contributed by atoms with E-state index in [4.69, 9.17) is 9.47 Å². The maximum absolute atomic E-state index is 10.4. The van der Waals surface area contributed by atoms with Gasteiger partial charge in [-0.2, -0.15) is 0 Å². The van der Waals surface area contributed by atoms with Gasteiger partial charge >= 0.3 is 0 Å². The molecule has 1 fully saturated rings. The van der Waals surface area contributed by atoms with Gasteiger partial charge in [0.15, 0.2) is 0 Å². The van der Waals surface area contributed by atoms with Gasteiger partial charge in [0.1, 0.15) is 5.75 Å². The predicted molar refractivity (Wildman–Crippen MR) is 88.5 cm³/mol. The Kier molecular flexibility index (Phi) is 6.24. The molecule has 0 aliphatic carbocycles. The van der Waals surface area contributed by atoms with Crippen molar-refractivity contribution in [2.45, 2.75) is 50.7 Å². The molecule has 1 saturated heterocycles. The molecule has 0 bridgehead atoms. The summed E-state index contributed by atoms with van der Waals surface area (Å²) in [5.41, 5.74) is 0.575. The molecular weight excluding hydrogens is 278 g/mol. The molecule has 2 atom stereocenters. The predicted octanol–water partition coefficient (Wildman–Crippen LogP) is 2.71. The number of ether oxygens (including phenoxy) is 2. The first kappa shape index (κ1) is 17.3. The van der Waals surface area contributed by atoms with Crippen LogP contribution in [0.1, 0.15) is 44.6 Å². The minimum atomic E-state index is -0.706. The monoisotopic (exact) mass is 307 g/mol. The van der Waals surface area contributed by atoms with Crippen molar-refractivity contribution < 1.29 is 14.6 Å². The van der Waals surface area contributed by atoms with Gasteiger partial charge in [0.2, 0.25) is 0 Å².